The average molecular weight is 315 g/mol. The normalized spacial score (nSPS) is 23.1. The van der Waals surface area contributed by atoms with Gasteiger partial charge < -0.3 is 26.2 Å². The molecule has 0 saturated carbocycles. The van der Waals surface area contributed by atoms with Crippen molar-refractivity contribution in [2.45, 2.75) is 25.6 Å². The number of aliphatic hydroxyl groups excluding tert-OH is 1. The molecule has 23 heavy (non-hydrogen) atoms. The summed E-state index contributed by atoms with van der Waals surface area (Å²) in [7, 11) is 0. The largest absolute Gasteiger partial charge is 0.505 e. The molecule has 0 fully saturated rings. The number of hydrogen-bond donors (Lipinski definition) is 4. The van der Waals surface area contributed by atoms with Crippen molar-refractivity contribution in [3.05, 3.63) is 47.2 Å². The second-order valence-electron chi connectivity index (χ2n) is 5.67. The lowest BCUT2D eigenvalue weighted by molar-refractivity contribution is -0.113. The Hall–Kier alpha value is -2.80. The number of phenols is 1. The van der Waals surface area contributed by atoms with Gasteiger partial charge in [0, 0.05) is 12.3 Å². The molecule has 2 heterocycles. The minimum Gasteiger partial charge on any atom is -0.505 e. The molecule has 0 spiro atoms. The van der Waals surface area contributed by atoms with Gasteiger partial charge >= 0.3 is 0 Å². The average Bonchev–Trinajstić information content (AvgIpc) is 2.90. The highest BCUT2D eigenvalue weighted by atomic mass is 16.3. The van der Waals surface area contributed by atoms with Gasteiger partial charge in [0.15, 0.2) is 0 Å². The van der Waals surface area contributed by atoms with Crippen molar-refractivity contribution < 1.29 is 19.8 Å². The predicted molar refractivity (Wildman–Crippen MR) is 83.5 cm³/mol. The number of hydrogen-bond acceptors (Lipinski definition) is 5. The third-order valence-corrected chi connectivity index (χ3v) is 4.07. The fourth-order valence-corrected chi connectivity index (χ4v) is 2.84. The van der Waals surface area contributed by atoms with Crippen LogP contribution in [0, 0.1) is 6.92 Å². The molecule has 120 valence electrons. The van der Waals surface area contributed by atoms with E-state index in [1.807, 2.05) is 0 Å². The molecule has 0 aromatic heterocycles. The van der Waals surface area contributed by atoms with E-state index in [4.69, 9.17) is 5.73 Å². The van der Waals surface area contributed by atoms with Gasteiger partial charge in [0.1, 0.15) is 12.0 Å². The molecule has 5 N–H and O–H groups in total. The van der Waals surface area contributed by atoms with Gasteiger partial charge in [-0.1, -0.05) is 12.1 Å². The van der Waals surface area contributed by atoms with Crippen LogP contribution in [0.15, 0.2) is 36.1 Å². The van der Waals surface area contributed by atoms with Crippen molar-refractivity contribution in [1.29, 1.82) is 0 Å². The van der Waals surface area contributed by atoms with Gasteiger partial charge in [-0.15, -0.1) is 0 Å². The zero-order valence-corrected chi connectivity index (χ0v) is 12.5. The Labute approximate surface area is 132 Å². The summed E-state index contributed by atoms with van der Waals surface area (Å²) in [6.45, 7) is 1.72. The maximum Gasteiger partial charge on any atom is 0.260 e. The number of amides is 2. The van der Waals surface area contributed by atoms with E-state index >= 15 is 0 Å². The number of allylic oxidation sites excluding steroid dienone is 1. The van der Waals surface area contributed by atoms with E-state index in [0.717, 1.165) is 0 Å². The number of carbonyl (C=O) groups is 2. The van der Waals surface area contributed by atoms with Gasteiger partial charge in [0.25, 0.3) is 5.91 Å². The highest BCUT2D eigenvalue weighted by Crippen LogP contribution is 2.38. The zero-order chi connectivity index (χ0) is 16.7. The van der Waals surface area contributed by atoms with E-state index in [-0.39, 0.29) is 22.9 Å². The quantitative estimate of drug-likeness (QED) is 0.471. The van der Waals surface area contributed by atoms with Crippen molar-refractivity contribution in [2.75, 3.05) is 5.32 Å². The molecule has 7 nitrogen and oxygen atoms in total. The van der Waals surface area contributed by atoms with Crippen LogP contribution < -0.4 is 11.1 Å². The SMILES string of the molecule is Cc1ccc2c(c1O)N[C@@H](O)[C@H]1CC(/C=C/C(N)=O)=CN1C2=O. The minimum atomic E-state index is -1.05. The lowest BCUT2D eigenvalue weighted by atomic mass is 10.1. The summed E-state index contributed by atoms with van der Waals surface area (Å²) in [5.41, 5.74) is 6.91. The molecule has 2 atom stereocenters. The number of rotatable bonds is 2. The van der Waals surface area contributed by atoms with E-state index in [0.29, 0.717) is 17.6 Å². The third kappa shape index (κ3) is 2.55. The summed E-state index contributed by atoms with van der Waals surface area (Å²) >= 11 is 0. The molecule has 3 rings (SSSR count). The third-order valence-electron chi connectivity index (χ3n) is 4.07. The minimum absolute atomic E-state index is 0.0473. The number of primary amides is 1. The molecule has 1 aromatic carbocycles. The summed E-state index contributed by atoms with van der Waals surface area (Å²) in [5, 5.41) is 23.3. The Balaban J connectivity index is 2.01. The Kier molecular flexibility index (Phi) is 3.57. The second-order valence-corrected chi connectivity index (χ2v) is 5.67. The first-order chi connectivity index (χ1) is 10.9. The molecule has 2 aliphatic rings. The van der Waals surface area contributed by atoms with Crippen LogP contribution in [0.25, 0.3) is 0 Å². The smallest absolute Gasteiger partial charge is 0.260 e. The number of nitrogens with one attached hydrogen (secondary N) is 1. The number of nitrogens with two attached hydrogens (primary N) is 1. The Morgan fingerprint density at radius 3 is 2.91 bits per heavy atom. The standard InChI is InChI=1S/C16H17N3O4/c1-8-2-4-10-13(14(8)21)18-15(22)11-6-9(3-5-12(17)20)7-19(11)16(10)23/h2-5,7,11,15,18,21-22H,6H2,1H3,(H2,17,20)/b5-3+/t11-,15+/m1/s1. The highest BCUT2D eigenvalue weighted by Gasteiger charge is 2.39. The van der Waals surface area contributed by atoms with Crippen LogP contribution in [-0.4, -0.2) is 39.2 Å². The maximum atomic E-state index is 12.7. The summed E-state index contributed by atoms with van der Waals surface area (Å²) in [4.78, 5) is 25.0. The van der Waals surface area contributed by atoms with E-state index in [9.17, 15) is 19.8 Å². The molecule has 2 aliphatic heterocycles. The first-order valence-corrected chi connectivity index (χ1v) is 7.16. The zero-order valence-electron chi connectivity index (χ0n) is 12.5. The van der Waals surface area contributed by atoms with Crippen LogP contribution in [0.1, 0.15) is 22.3 Å². The second kappa shape index (κ2) is 5.44. The lowest BCUT2D eigenvalue weighted by Crippen LogP contribution is -2.42. The van der Waals surface area contributed by atoms with Crippen LogP contribution in [0.5, 0.6) is 5.75 Å². The molecule has 0 unspecified atom stereocenters. The molecule has 1 aromatic rings. The number of aryl methyl sites for hydroxylation is 1. The van der Waals surface area contributed by atoms with Crippen molar-refractivity contribution in [3.63, 3.8) is 0 Å². The Bertz CT molecular complexity index is 754. The number of benzene rings is 1. The van der Waals surface area contributed by atoms with Crippen molar-refractivity contribution in [1.82, 2.24) is 4.90 Å². The number of aliphatic hydroxyl groups is 1. The Morgan fingerprint density at radius 2 is 2.22 bits per heavy atom. The first-order valence-electron chi connectivity index (χ1n) is 7.16. The first kappa shape index (κ1) is 15.1. The van der Waals surface area contributed by atoms with Gasteiger partial charge in [0.2, 0.25) is 5.91 Å². The number of anilines is 1. The van der Waals surface area contributed by atoms with Crippen LogP contribution in [0.3, 0.4) is 0 Å². The highest BCUT2D eigenvalue weighted by molar-refractivity contribution is 6.03. The summed E-state index contributed by atoms with van der Waals surface area (Å²) in [6, 6.07) is 2.73. The topological polar surface area (TPSA) is 116 Å². The summed E-state index contributed by atoms with van der Waals surface area (Å²) in [6.07, 6.45) is 3.65. The van der Waals surface area contributed by atoms with Gasteiger partial charge in [-0.3, -0.25) is 9.59 Å². The van der Waals surface area contributed by atoms with E-state index in [2.05, 4.69) is 5.32 Å². The fourth-order valence-electron chi connectivity index (χ4n) is 2.84. The number of phenolic OH excluding ortho intramolecular Hbond substituents is 1. The molecule has 0 radical (unpaired) electrons. The summed E-state index contributed by atoms with van der Waals surface area (Å²) < 4.78 is 0. The molecule has 0 saturated heterocycles. The van der Waals surface area contributed by atoms with Crippen molar-refractivity contribution in [3.8, 4) is 5.75 Å². The van der Waals surface area contributed by atoms with Crippen LogP contribution in [0.2, 0.25) is 0 Å². The molecule has 2 amide bonds. The summed E-state index contributed by atoms with van der Waals surface area (Å²) in [5.74, 6) is -0.954. The number of nitrogens with zero attached hydrogens (tertiary/aromatic N) is 1. The Morgan fingerprint density at radius 1 is 1.48 bits per heavy atom. The molecular formula is C16H17N3O4. The van der Waals surface area contributed by atoms with E-state index in [1.165, 1.54) is 17.1 Å². The number of carbonyl (C=O) groups excluding carboxylic acids is 2. The van der Waals surface area contributed by atoms with Crippen LogP contribution in [0.4, 0.5) is 5.69 Å². The van der Waals surface area contributed by atoms with Crippen molar-refractivity contribution >= 4 is 17.5 Å². The molecular weight excluding hydrogens is 298 g/mol. The van der Waals surface area contributed by atoms with Crippen LogP contribution >= 0.6 is 0 Å². The fraction of sp³-hybridized carbons (Fsp3) is 0.250. The monoisotopic (exact) mass is 315 g/mol. The molecule has 0 aliphatic carbocycles. The van der Waals surface area contributed by atoms with Gasteiger partial charge in [-0.25, -0.2) is 0 Å². The van der Waals surface area contributed by atoms with Gasteiger partial charge in [0.05, 0.1) is 17.3 Å². The van der Waals surface area contributed by atoms with Gasteiger partial charge in [-0.05, 0) is 30.5 Å². The van der Waals surface area contributed by atoms with Gasteiger partial charge in [-0.2, -0.15) is 0 Å². The number of aromatic hydroxyl groups is 1. The number of fused-ring (bicyclic) bond motifs is 2. The molecule has 0 bridgehead atoms. The lowest BCUT2D eigenvalue weighted by Gasteiger charge is -2.24. The predicted octanol–water partition coefficient (Wildman–Crippen LogP) is 0.584. The van der Waals surface area contributed by atoms with E-state index < -0.39 is 18.2 Å². The molecule has 7 heteroatoms. The maximum absolute atomic E-state index is 12.7. The van der Waals surface area contributed by atoms with Crippen molar-refractivity contribution in [2.24, 2.45) is 5.73 Å². The van der Waals surface area contributed by atoms with Crippen LogP contribution in [-0.2, 0) is 4.79 Å². The van der Waals surface area contributed by atoms with E-state index in [1.54, 1.807) is 25.3 Å².